The molecule has 7 N–H and O–H groups in total. The summed E-state index contributed by atoms with van der Waals surface area (Å²) in [5.41, 5.74) is 10.5. The second-order valence-electron chi connectivity index (χ2n) is 5.07. The van der Waals surface area contributed by atoms with Crippen LogP contribution in [0.2, 0.25) is 0 Å². The molecule has 0 aromatic rings. The number of carbonyl (C=O) groups excluding carboxylic acids is 3. The fourth-order valence-electron chi connectivity index (χ4n) is 1.38. The first-order valence-electron chi connectivity index (χ1n) is 6.43. The van der Waals surface area contributed by atoms with E-state index in [1.54, 1.807) is 13.8 Å². The highest BCUT2D eigenvalue weighted by molar-refractivity contribution is 5.92. The molecule has 0 heterocycles. The molecule has 120 valence electrons. The van der Waals surface area contributed by atoms with Gasteiger partial charge in [0.25, 0.3) is 0 Å². The van der Waals surface area contributed by atoms with Crippen LogP contribution >= 0.6 is 0 Å². The fourth-order valence-corrected chi connectivity index (χ4v) is 1.38. The lowest BCUT2D eigenvalue weighted by atomic mass is 10.0. The zero-order valence-corrected chi connectivity index (χ0v) is 12.3. The molecule has 0 spiro atoms. The van der Waals surface area contributed by atoms with E-state index in [2.05, 4.69) is 10.6 Å². The summed E-state index contributed by atoms with van der Waals surface area (Å²) in [6.07, 6.45) is -0.534. The first-order valence-corrected chi connectivity index (χ1v) is 6.43. The highest BCUT2D eigenvalue weighted by Crippen LogP contribution is 1.99. The van der Waals surface area contributed by atoms with E-state index in [4.69, 9.17) is 16.6 Å². The van der Waals surface area contributed by atoms with Crippen molar-refractivity contribution in [1.82, 2.24) is 10.6 Å². The lowest BCUT2D eigenvalue weighted by Gasteiger charge is -2.21. The van der Waals surface area contributed by atoms with E-state index in [0.717, 1.165) is 0 Å². The molecule has 3 atom stereocenters. The third-order valence-corrected chi connectivity index (χ3v) is 2.79. The molecule has 0 aliphatic carbocycles. The first-order chi connectivity index (χ1) is 9.56. The van der Waals surface area contributed by atoms with E-state index in [1.807, 2.05) is 0 Å². The van der Waals surface area contributed by atoms with Gasteiger partial charge in [-0.3, -0.25) is 14.4 Å². The lowest BCUT2D eigenvalue weighted by Crippen LogP contribution is -2.54. The molecule has 0 aliphatic rings. The molecule has 9 nitrogen and oxygen atoms in total. The van der Waals surface area contributed by atoms with Gasteiger partial charge in [-0.25, -0.2) is 4.79 Å². The van der Waals surface area contributed by atoms with Gasteiger partial charge in [0.1, 0.15) is 12.1 Å². The molecule has 0 fully saturated rings. The van der Waals surface area contributed by atoms with Gasteiger partial charge < -0.3 is 27.2 Å². The summed E-state index contributed by atoms with van der Waals surface area (Å²) in [5, 5.41) is 13.4. The summed E-state index contributed by atoms with van der Waals surface area (Å²) in [4.78, 5) is 45.1. The average Bonchev–Trinajstić information content (AvgIpc) is 2.35. The Kier molecular flexibility index (Phi) is 7.36. The third kappa shape index (κ3) is 6.70. The van der Waals surface area contributed by atoms with E-state index in [-0.39, 0.29) is 5.92 Å². The standard InChI is InChI=1S/C12H22N4O5/c1-5(2)9(14)11(19)15-6(3)10(18)16-7(12(20)21)4-8(13)17/h5-7,9H,4,14H2,1-3H3,(H2,13,17)(H,15,19)(H,16,18)(H,20,21). The number of carboxylic acid groups (broad SMARTS) is 1. The van der Waals surface area contributed by atoms with Gasteiger partial charge in [-0.15, -0.1) is 0 Å². The minimum absolute atomic E-state index is 0.109. The van der Waals surface area contributed by atoms with Gasteiger partial charge in [-0.2, -0.15) is 0 Å². The van der Waals surface area contributed by atoms with E-state index in [0.29, 0.717) is 0 Å². The van der Waals surface area contributed by atoms with Gasteiger partial charge >= 0.3 is 5.97 Å². The van der Waals surface area contributed by atoms with Crippen molar-refractivity contribution < 1.29 is 24.3 Å². The normalized spacial score (nSPS) is 14.9. The number of hydrogen-bond acceptors (Lipinski definition) is 5. The molecule has 0 aromatic carbocycles. The Balaban J connectivity index is 4.59. The minimum atomic E-state index is -1.44. The van der Waals surface area contributed by atoms with Crippen LogP contribution < -0.4 is 22.1 Å². The summed E-state index contributed by atoms with van der Waals surface area (Å²) in [6.45, 7) is 4.88. The number of nitrogens with two attached hydrogens (primary N) is 2. The van der Waals surface area contributed by atoms with Crippen molar-refractivity contribution in [3.8, 4) is 0 Å². The summed E-state index contributed by atoms with van der Waals surface area (Å²) < 4.78 is 0. The van der Waals surface area contributed by atoms with E-state index < -0.39 is 48.2 Å². The quantitative estimate of drug-likeness (QED) is 0.345. The lowest BCUT2D eigenvalue weighted by molar-refractivity contribution is -0.143. The Bertz CT molecular complexity index is 424. The maximum Gasteiger partial charge on any atom is 0.326 e. The predicted octanol–water partition coefficient (Wildman–Crippen LogP) is -2.08. The third-order valence-electron chi connectivity index (χ3n) is 2.79. The molecule has 0 aliphatic heterocycles. The first kappa shape index (κ1) is 18.8. The van der Waals surface area contributed by atoms with Crippen molar-refractivity contribution in [2.75, 3.05) is 0 Å². The van der Waals surface area contributed by atoms with Crippen LogP contribution in [0.3, 0.4) is 0 Å². The summed E-state index contributed by atoms with van der Waals surface area (Å²) in [5.74, 6) is -3.62. The molecule has 0 aromatic heterocycles. The molecule has 3 amide bonds. The molecule has 21 heavy (non-hydrogen) atoms. The maximum atomic E-state index is 11.8. The van der Waals surface area contributed by atoms with Gasteiger partial charge in [0.15, 0.2) is 0 Å². The maximum absolute atomic E-state index is 11.8. The number of carbonyl (C=O) groups is 4. The van der Waals surface area contributed by atoms with Crippen LogP contribution in [-0.2, 0) is 19.2 Å². The number of amides is 3. The van der Waals surface area contributed by atoms with Crippen LogP contribution in [0.5, 0.6) is 0 Å². The molecule has 3 unspecified atom stereocenters. The highest BCUT2D eigenvalue weighted by atomic mass is 16.4. The second-order valence-corrected chi connectivity index (χ2v) is 5.07. The largest absolute Gasteiger partial charge is 0.480 e. The van der Waals surface area contributed by atoms with Gasteiger partial charge in [-0.1, -0.05) is 13.8 Å². The highest BCUT2D eigenvalue weighted by Gasteiger charge is 2.26. The smallest absolute Gasteiger partial charge is 0.326 e. The number of rotatable bonds is 8. The zero-order valence-electron chi connectivity index (χ0n) is 12.3. The topological polar surface area (TPSA) is 165 Å². The van der Waals surface area contributed by atoms with Crippen molar-refractivity contribution in [3.05, 3.63) is 0 Å². The number of carboxylic acids is 1. The molecule has 0 saturated heterocycles. The summed E-state index contributed by atoms with van der Waals surface area (Å²) in [7, 11) is 0. The van der Waals surface area contributed by atoms with Crippen molar-refractivity contribution in [1.29, 1.82) is 0 Å². The molecule has 9 heteroatoms. The number of hydrogen-bond donors (Lipinski definition) is 5. The minimum Gasteiger partial charge on any atom is -0.480 e. The van der Waals surface area contributed by atoms with Crippen LogP contribution in [0.4, 0.5) is 0 Å². The van der Waals surface area contributed by atoms with E-state index in [9.17, 15) is 19.2 Å². The fraction of sp³-hybridized carbons (Fsp3) is 0.667. The Morgan fingerprint density at radius 1 is 1.05 bits per heavy atom. The van der Waals surface area contributed by atoms with Crippen LogP contribution in [0.15, 0.2) is 0 Å². The number of primary amides is 1. The van der Waals surface area contributed by atoms with Crippen LogP contribution in [0.25, 0.3) is 0 Å². The average molecular weight is 302 g/mol. The Morgan fingerprint density at radius 2 is 1.57 bits per heavy atom. The Labute approximate surface area is 122 Å². The van der Waals surface area contributed by atoms with Crippen molar-refractivity contribution in [2.45, 2.75) is 45.3 Å². The Hall–Kier alpha value is -2.16. The van der Waals surface area contributed by atoms with Crippen molar-refractivity contribution in [3.63, 3.8) is 0 Å². The molecular weight excluding hydrogens is 280 g/mol. The van der Waals surface area contributed by atoms with E-state index >= 15 is 0 Å². The number of aliphatic carboxylic acids is 1. The predicted molar refractivity (Wildman–Crippen MR) is 73.8 cm³/mol. The van der Waals surface area contributed by atoms with Gasteiger partial charge in [0.2, 0.25) is 17.7 Å². The molecule has 0 radical (unpaired) electrons. The number of nitrogens with one attached hydrogen (secondary N) is 2. The summed E-state index contributed by atoms with van der Waals surface area (Å²) in [6, 6.07) is -3.20. The van der Waals surface area contributed by atoms with Crippen LogP contribution in [-0.4, -0.2) is 46.9 Å². The van der Waals surface area contributed by atoms with Gasteiger partial charge in [0.05, 0.1) is 12.5 Å². The second kappa shape index (κ2) is 8.20. The Morgan fingerprint density at radius 3 is 1.95 bits per heavy atom. The molecule has 0 rings (SSSR count). The zero-order chi connectivity index (χ0) is 16.7. The SMILES string of the molecule is CC(NC(=O)C(N)C(C)C)C(=O)NC(CC(N)=O)C(=O)O. The van der Waals surface area contributed by atoms with Crippen molar-refractivity contribution in [2.24, 2.45) is 17.4 Å². The molecular formula is C12H22N4O5. The van der Waals surface area contributed by atoms with Gasteiger partial charge in [-0.05, 0) is 12.8 Å². The van der Waals surface area contributed by atoms with Crippen LogP contribution in [0.1, 0.15) is 27.2 Å². The van der Waals surface area contributed by atoms with Gasteiger partial charge in [0, 0.05) is 0 Å². The van der Waals surface area contributed by atoms with Crippen LogP contribution in [0, 0.1) is 5.92 Å². The molecule has 0 saturated carbocycles. The summed E-state index contributed by atoms with van der Waals surface area (Å²) >= 11 is 0. The van der Waals surface area contributed by atoms with E-state index in [1.165, 1.54) is 6.92 Å². The molecule has 0 bridgehead atoms. The monoisotopic (exact) mass is 302 g/mol. The van der Waals surface area contributed by atoms with Crippen molar-refractivity contribution >= 4 is 23.7 Å².